The van der Waals surface area contributed by atoms with E-state index in [2.05, 4.69) is 15.0 Å². The maximum absolute atomic E-state index is 13.7. The summed E-state index contributed by atoms with van der Waals surface area (Å²) in [7, 11) is 0. The van der Waals surface area contributed by atoms with Gasteiger partial charge in [0.05, 0.1) is 17.0 Å². The summed E-state index contributed by atoms with van der Waals surface area (Å²) in [5, 5.41) is 0. The van der Waals surface area contributed by atoms with Crippen LogP contribution in [0, 0.1) is 23.8 Å². The molecular formula is C15H7F4N3. The van der Waals surface area contributed by atoms with Crippen LogP contribution in [0.4, 0.5) is 17.6 Å². The summed E-state index contributed by atoms with van der Waals surface area (Å²) in [6.07, 6.45) is 0. The van der Waals surface area contributed by atoms with Crippen molar-refractivity contribution in [2.24, 2.45) is 0 Å². The lowest BCUT2D eigenvalue weighted by Crippen LogP contribution is -1.96. The molecule has 0 aromatic carbocycles. The Morgan fingerprint density at radius 1 is 0.636 bits per heavy atom. The fourth-order valence-electron chi connectivity index (χ4n) is 1.96. The van der Waals surface area contributed by atoms with Gasteiger partial charge in [0.15, 0.2) is 0 Å². The van der Waals surface area contributed by atoms with Gasteiger partial charge in [-0.1, -0.05) is 6.07 Å². The summed E-state index contributed by atoms with van der Waals surface area (Å²) in [4.78, 5) is 10.2. The third-order valence-electron chi connectivity index (χ3n) is 2.90. The van der Waals surface area contributed by atoms with Crippen molar-refractivity contribution in [2.75, 3.05) is 0 Å². The van der Waals surface area contributed by atoms with Crippen molar-refractivity contribution in [3.8, 4) is 22.5 Å². The molecule has 110 valence electrons. The molecule has 0 atom stereocenters. The Balaban J connectivity index is 2.09. The molecule has 0 saturated carbocycles. The lowest BCUT2D eigenvalue weighted by molar-refractivity contribution is 0.513. The molecule has 0 saturated heterocycles. The Kier molecular flexibility index (Phi) is 3.54. The van der Waals surface area contributed by atoms with Gasteiger partial charge in [0.2, 0.25) is 23.8 Å². The van der Waals surface area contributed by atoms with E-state index in [1.165, 1.54) is 24.3 Å². The molecule has 0 unspecified atom stereocenters. The fourth-order valence-corrected chi connectivity index (χ4v) is 1.96. The number of halogens is 4. The van der Waals surface area contributed by atoms with Gasteiger partial charge in [0.1, 0.15) is 0 Å². The Morgan fingerprint density at radius 3 is 2.00 bits per heavy atom. The summed E-state index contributed by atoms with van der Waals surface area (Å²) < 4.78 is 52.8. The van der Waals surface area contributed by atoms with Crippen LogP contribution in [0.5, 0.6) is 0 Å². The third-order valence-corrected chi connectivity index (χ3v) is 2.90. The average molecular weight is 305 g/mol. The molecule has 0 fully saturated rings. The van der Waals surface area contributed by atoms with E-state index in [-0.39, 0.29) is 22.5 Å². The smallest absolute Gasteiger partial charge is 0.224 e. The predicted octanol–water partition coefficient (Wildman–Crippen LogP) is 3.76. The van der Waals surface area contributed by atoms with Crippen LogP contribution in [-0.4, -0.2) is 15.0 Å². The van der Waals surface area contributed by atoms with E-state index in [9.17, 15) is 17.6 Å². The van der Waals surface area contributed by atoms with Gasteiger partial charge in [-0.15, -0.1) is 0 Å². The fraction of sp³-hybridized carbons (Fsp3) is 0. The van der Waals surface area contributed by atoms with Crippen molar-refractivity contribution in [3.05, 3.63) is 66.3 Å². The highest BCUT2D eigenvalue weighted by Crippen LogP contribution is 2.24. The summed E-state index contributed by atoms with van der Waals surface area (Å²) >= 11 is 0. The van der Waals surface area contributed by atoms with E-state index in [0.717, 1.165) is 18.2 Å². The molecule has 0 amide bonds. The van der Waals surface area contributed by atoms with Crippen molar-refractivity contribution in [3.63, 3.8) is 0 Å². The first-order chi connectivity index (χ1) is 10.5. The van der Waals surface area contributed by atoms with Crippen molar-refractivity contribution in [1.82, 2.24) is 15.0 Å². The summed E-state index contributed by atoms with van der Waals surface area (Å²) in [5.41, 5.74) is 0.530. The van der Waals surface area contributed by atoms with Crippen molar-refractivity contribution in [2.45, 2.75) is 0 Å². The molecule has 0 bridgehead atoms. The molecule has 0 aliphatic rings. The minimum Gasteiger partial charge on any atom is -0.248 e. The average Bonchev–Trinajstić information content (AvgIpc) is 2.46. The molecule has 3 rings (SSSR count). The van der Waals surface area contributed by atoms with E-state index in [1.54, 1.807) is 0 Å². The van der Waals surface area contributed by atoms with Gasteiger partial charge < -0.3 is 0 Å². The molecule has 0 aliphatic carbocycles. The second-order valence-corrected chi connectivity index (χ2v) is 4.38. The largest absolute Gasteiger partial charge is 0.248 e. The Morgan fingerprint density at radius 2 is 1.32 bits per heavy atom. The zero-order valence-electron chi connectivity index (χ0n) is 10.9. The molecule has 3 aromatic heterocycles. The maximum Gasteiger partial charge on any atom is 0.224 e. The molecule has 0 N–H and O–H groups in total. The van der Waals surface area contributed by atoms with Crippen LogP contribution in [0.15, 0.2) is 42.5 Å². The third kappa shape index (κ3) is 2.78. The molecule has 3 heterocycles. The first-order valence-corrected chi connectivity index (χ1v) is 6.16. The topological polar surface area (TPSA) is 38.7 Å². The van der Waals surface area contributed by atoms with Gasteiger partial charge in [-0.25, -0.2) is 4.98 Å². The van der Waals surface area contributed by atoms with Crippen LogP contribution in [0.1, 0.15) is 0 Å². The molecule has 3 nitrogen and oxygen atoms in total. The summed E-state index contributed by atoms with van der Waals surface area (Å²) in [6, 6.07) is 8.73. The number of aromatic nitrogens is 3. The van der Waals surface area contributed by atoms with Crippen LogP contribution >= 0.6 is 0 Å². The summed E-state index contributed by atoms with van der Waals surface area (Å²) in [5.74, 6) is -3.94. The van der Waals surface area contributed by atoms with Crippen molar-refractivity contribution >= 4 is 0 Å². The molecule has 0 aliphatic heterocycles. The standard InChI is InChI=1S/C15H7F4N3/c16-12-5-4-9(15(19)22-12)11-3-1-2-10(20-11)8-6-13(17)21-14(18)7-8/h1-7H. The minimum atomic E-state index is -1.02. The first-order valence-electron chi connectivity index (χ1n) is 6.16. The lowest BCUT2D eigenvalue weighted by Gasteiger charge is -2.06. The van der Waals surface area contributed by atoms with E-state index < -0.39 is 23.8 Å². The summed E-state index contributed by atoms with van der Waals surface area (Å²) in [6.45, 7) is 0. The van der Waals surface area contributed by atoms with E-state index in [4.69, 9.17) is 0 Å². The van der Waals surface area contributed by atoms with E-state index in [1.807, 2.05) is 0 Å². The molecule has 0 radical (unpaired) electrons. The van der Waals surface area contributed by atoms with Gasteiger partial charge in [-0.05, 0) is 24.3 Å². The zero-order chi connectivity index (χ0) is 15.7. The number of hydrogen-bond acceptors (Lipinski definition) is 3. The molecule has 0 spiro atoms. The monoisotopic (exact) mass is 305 g/mol. The van der Waals surface area contributed by atoms with Crippen LogP contribution in [-0.2, 0) is 0 Å². The quantitative estimate of drug-likeness (QED) is 0.534. The van der Waals surface area contributed by atoms with Crippen molar-refractivity contribution in [1.29, 1.82) is 0 Å². The first kappa shape index (κ1) is 14.1. The van der Waals surface area contributed by atoms with E-state index >= 15 is 0 Å². The molecule has 3 aromatic rings. The highest BCUT2D eigenvalue weighted by molar-refractivity contribution is 5.65. The lowest BCUT2D eigenvalue weighted by atomic mass is 10.1. The molecular weight excluding hydrogens is 298 g/mol. The van der Waals surface area contributed by atoms with Gasteiger partial charge in [-0.3, -0.25) is 0 Å². The Hall–Kier alpha value is -2.83. The van der Waals surface area contributed by atoms with Crippen LogP contribution < -0.4 is 0 Å². The van der Waals surface area contributed by atoms with Crippen LogP contribution in [0.25, 0.3) is 22.5 Å². The van der Waals surface area contributed by atoms with Crippen LogP contribution in [0.3, 0.4) is 0 Å². The number of pyridine rings is 3. The highest BCUT2D eigenvalue weighted by atomic mass is 19.1. The maximum atomic E-state index is 13.7. The van der Waals surface area contributed by atoms with Crippen molar-refractivity contribution < 1.29 is 17.6 Å². The SMILES string of the molecule is Fc1cc(-c2cccc(-c3ccc(F)nc3F)n2)cc(F)n1. The van der Waals surface area contributed by atoms with Gasteiger partial charge in [0.25, 0.3) is 0 Å². The molecule has 7 heteroatoms. The predicted molar refractivity (Wildman–Crippen MR) is 70.5 cm³/mol. The van der Waals surface area contributed by atoms with Crippen LogP contribution in [0.2, 0.25) is 0 Å². The second kappa shape index (κ2) is 5.51. The number of hydrogen-bond donors (Lipinski definition) is 0. The highest BCUT2D eigenvalue weighted by Gasteiger charge is 2.11. The Bertz CT molecular complexity index is 832. The normalized spacial score (nSPS) is 10.7. The molecule has 22 heavy (non-hydrogen) atoms. The second-order valence-electron chi connectivity index (χ2n) is 4.38. The van der Waals surface area contributed by atoms with Gasteiger partial charge >= 0.3 is 0 Å². The zero-order valence-corrected chi connectivity index (χ0v) is 10.9. The minimum absolute atomic E-state index is 0.0155. The van der Waals surface area contributed by atoms with Gasteiger partial charge in [-0.2, -0.15) is 27.5 Å². The van der Waals surface area contributed by atoms with Gasteiger partial charge in [0, 0.05) is 17.7 Å². The Labute approximate surface area is 122 Å². The number of nitrogens with zero attached hydrogens (tertiary/aromatic N) is 3. The number of rotatable bonds is 2. The van der Waals surface area contributed by atoms with E-state index in [0.29, 0.717) is 0 Å².